The van der Waals surface area contributed by atoms with Crippen molar-refractivity contribution in [1.82, 2.24) is 0 Å². The third-order valence-corrected chi connectivity index (χ3v) is 2.80. The van der Waals surface area contributed by atoms with E-state index in [2.05, 4.69) is 19.6 Å². The number of hydrogen-bond acceptors (Lipinski definition) is 0. The zero-order valence-electron chi connectivity index (χ0n) is 11.5. The largest absolute Gasteiger partial charge is 0.207 e. The van der Waals surface area contributed by atoms with E-state index in [1.165, 1.54) is 11.6 Å². The summed E-state index contributed by atoms with van der Waals surface area (Å²) in [4.78, 5) is 0. The molecule has 0 saturated heterocycles. The van der Waals surface area contributed by atoms with Gasteiger partial charge in [-0.3, -0.25) is 0 Å². The van der Waals surface area contributed by atoms with Gasteiger partial charge in [0.05, 0.1) is 0 Å². The van der Waals surface area contributed by atoms with Gasteiger partial charge in [-0.1, -0.05) is 55.0 Å². The molecule has 0 spiro atoms. The Morgan fingerprint density at radius 1 is 1.33 bits per heavy atom. The van der Waals surface area contributed by atoms with Crippen molar-refractivity contribution in [2.45, 2.75) is 33.6 Å². The SMILES string of the molecule is C=C(C)/C=C\C=C(/C)Cc1cccc(F)c1CC. The molecule has 0 heterocycles. The van der Waals surface area contributed by atoms with Crippen LogP contribution >= 0.6 is 0 Å². The molecule has 0 aromatic heterocycles. The van der Waals surface area contributed by atoms with Crippen LogP contribution in [0, 0.1) is 5.82 Å². The van der Waals surface area contributed by atoms with E-state index < -0.39 is 0 Å². The van der Waals surface area contributed by atoms with E-state index in [9.17, 15) is 4.39 Å². The Kier molecular flexibility index (Phi) is 5.57. The van der Waals surface area contributed by atoms with Gasteiger partial charge in [-0.15, -0.1) is 0 Å². The average molecular weight is 244 g/mol. The summed E-state index contributed by atoms with van der Waals surface area (Å²) >= 11 is 0. The highest BCUT2D eigenvalue weighted by atomic mass is 19.1. The number of halogens is 1. The zero-order valence-corrected chi connectivity index (χ0v) is 11.5. The van der Waals surface area contributed by atoms with Crippen LogP contribution < -0.4 is 0 Å². The first kappa shape index (κ1) is 14.4. The van der Waals surface area contributed by atoms with Crippen LogP contribution in [0.1, 0.15) is 31.9 Å². The van der Waals surface area contributed by atoms with Gasteiger partial charge in [0, 0.05) is 0 Å². The van der Waals surface area contributed by atoms with Crippen LogP contribution in [0.3, 0.4) is 0 Å². The van der Waals surface area contributed by atoms with Crippen molar-refractivity contribution in [2.24, 2.45) is 0 Å². The molecule has 1 aromatic rings. The van der Waals surface area contributed by atoms with Gasteiger partial charge in [0.15, 0.2) is 0 Å². The van der Waals surface area contributed by atoms with Gasteiger partial charge in [0.1, 0.15) is 5.82 Å². The number of rotatable bonds is 5. The fourth-order valence-corrected chi connectivity index (χ4v) is 1.90. The second-order valence-corrected chi connectivity index (χ2v) is 4.63. The Hall–Kier alpha value is -1.63. The van der Waals surface area contributed by atoms with Gasteiger partial charge >= 0.3 is 0 Å². The number of allylic oxidation sites excluding steroid dienone is 5. The summed E-state index contributed by atoms with van der Waals surface area (Å²) in [6, 6.07) is 5.31. The van der Waals surface area contributed by atoms with E-state index in [4.69, 9.17) is 0 Å². The lowest BCUT2D eigenvalue weighted by Crippen LogP contribution is -1.97. The molecule has 0 unspecified atom stereocenters. The lowest BCUT2D eigenvalue weighted by molar-refractivity contribution is 0.609. The molecule has 0 aliphatic rings. The normalized spacial score (nSPS) is 12.1. The van der Waals surface area contributed by atoms with Crippen molar-refractivity contribution in [3.63, 3.8) is 0 Å². The Balaban J connectivity index is 2.85. The summed E-state index contributed by atoms with van der Waals surface area (Å²) in [6.45, 7) is 9.82. The molecule has 1 rings (SSSR count). The Morgan fingerprint density at radius 2 is 2.06 bits per heavy atom. The molecule has 0 amide bonds. The van der Waals surface area contributed by atoms with Crippen molar-refractivity contribution in [2.75, 3.05) is 0 Å². The molecule has 0 atom stereocenters. The standard InChI is InChI=1S/C17H21F/c1-5-16-15(10-7-11-17(16)18)12-14(4)9-6-8-13(2)3/h6-11H,2,5,12H2,1,3-4H3/b8-6-,14-9+. The topological polar surface area (TPSA) is 0 Å². The van der Waals surface area contributed by atoms with Crippen molar-refractivity contribution < 1.29 is 4.39 Å². The van der Waals surface area contributed by atoms with E-state index in [-0.39, 0.29) is 5.82 Å². The summed E-state index contributed by atoms with van der Waals surface area (Å²) in [5, 5.41) is 0. The van der Waals surface area contributed by atoms with Crippen molar-refractivity contribution in [3.8, 4) is 0 Å². The number of benzene rings is 1. The predicted octanol–water partition coefficient (Wildman–Crippen LogP) is 5.01. The minimum Gasteiger partial charge on any atom is -0.207 e. The third kappa shape index (κ3) is 4.33. The van der Waals surface area contributed by atoms with Crippen LogP contribution in [-0.4, -0.2) is 0 Å². The van der Waals surface area contributed by atoms with E-state index in [1.807, 2.05) is 32.1 Å². The molecule has 0 bridgehead atoms. The van der Waals surface area contributed by atoms with Gasteiger partial charge in [0.2, 0.25) is 0 Å². The monoisotopic (exact) mass is 244 g/mol. The van der Waals surface area contributed by atoms with Crippen LogP contribution in [0.4, 0.5) is 4.39 Å². The van der Waals surface area contributed by atoms with Gasteiger partial charge in [0.25, 0.3) is 0 Å². The van der Waals surface area contributed by atoms with Crippen molar-refractivity contribution in [3.05, 3.63) is 71.1 Å². The molecule has 0 aliphatic carbocycles. The lowest BCUT2D eigenvalue weighted by Gasteiger charge is -2.08. The molecule has 0 nitrogen and oxygen atoms in total. The van der Waals surface area contributed by atoms with Crippen molar-refractivity contribution >= 4 is 0 Å². The summed E-state index contributed by atoms with van der Waals surface area (Å²) in [5.74, 6) is -0.0970. The Labute approximate surface area is 110 Å². The molecule has 0 radical (unpaired) electrons. The molecule has 1 aromatic carbocycles. The summed E-state index contributed by atoms with van der Waals surface area (Å²) < 4.78 is 13.6. The highest BCUT2D eigenvalue weighted by molar-refractivity contribution is 5.33. The minimum atomic E-state index is -0.0970. The first-order chi connectivity index (χ1) is 8.54. The molecular formula is C17H21F. The molecule has 18 heavy (non-hydrogen) atoms. The quantitative estimate of drug-likeness (QED) is 0.639. The molecule has 0 aliphatic heterocycles. The summed E-state index contributed by atoms with van der Waals surface area (Å²) in [7, 11) is 0. The second-order valence-electron chi connectivity index (χ2n) is 4.63. The van der Waals surface area contributed by atoms with Crippen LogP contribution in [0.25, 0.3) is 0 Å². The Bertz CT molecular complexity index is 478. The van der Waals surface area contributed by atoms with Gasteiger partial charge < -0.3 is 0 Å². The maximum atomic E-state index is 13.6. The second kappa shape index (κ2) is 6.95. The smallest absolute Gasteiger partial charge is 0.126 e. The maximum absolute atomic E-state index is 13.6. The van der Waals surface area contributed by atoms with Crippen molar-refractivity contribution in [1.29, 1.82) is 0 Å². The molecule has 96 valence electrons. The van der Waals surface area contributed by atoms with Crippen LogP contribution in [-0.2, 0) is 12.8 Å². The lowest BCUT2D eigenvalue weighted by atomic mass is 9.98. The van der Waals surface area contributed by atoms with Crippen LogP contribution in [0.5, 0.6) is 0 Å². The highest BCUT2D eigenvalue weighted by Gasteiger charge is 2.06. The zero-order chi connectivity index (χ0) is 13.5. The van der Waals surface area contributed by atoms with Gasteiger partial charge in [-0.05, 0) is 43.9 Å². The van der Waals surface area contributed by atoms with E-state index >= 15 is 0 Å². The van der Waals surface area contributed by atoms with E-state index in [1.54, 1.807) is 6.07 Å². The molecular weight excluding hydrogens is 223 g/mol. The van der Waals surface area contributed by atoms with Gasteiger partial charge in [-0.25, -0.2) is 4.39 Å². The van der Waals surface area contributed by atoms with E-state index in [0.29, 0.717) is 0 Å². The summed E-state index contributed by atoms with van der Waals surface area (Å²) in [6.07, 6.45) is 7.54. The highest BCUT2D eigenvalue weighted by Crippen LogP contribution is 2.17. The van der Waals surface area contributed by atoms with Crippen LogP contribution in [0.15, 0.2) is 54.2 Å². The minimum absolute atomic E-state index is 0.0970. The molecule has 1 heteroatoms. The number of hydrogen-bond donors (Lipinski definition) is 0. The maximum Gasteiger partial charge on any atom is 0.126 e. The molecule has 0 N–H and O–H groups in total. The van der Waals surface area contributed by atoms with Crippen LogP contribution in [0.2, 0.25) is 0 Å². The first-order valence-electron chi connectivity index (χ1n) is 6.30. The van der Waals surface area contributed by atoms with E-state index in [0.717, 1.165) is 29.5 Å². The average Bonchev–Trinajstić information content (AvgIpc) is 2.28. The van der Waals surface area contributed by atoms with Gasteiger partial charge in [-0.2, -0.15) is 0 Å². The fourth-order valence-electron chi connectivity index (χ4n) is 1.90. The third-order valence-electron chi connectivity index (χ3n) is 2.80. The predicted molar refractivity (Wildman–Crippen MR) is 77.2 cm³/mol. The molecule has 0 saturated carbocycles. The fraction of sp³-hybridized carbons (Fsp3) is 0.294. The molecule has 0 fully saturated rings. The summed E-state index contributed by atoms with van der Waals surface area (Å²) in [5.41, 5.74) is 4.15. The Morgan fingerprint density at radius 3 is 2.67 bits per heavy atom. The first-order valence-corrected chi connectivity index (χ1v) is 6.30.